The van der Waals surface area contributed by atoms with Gasteiger partial charge < -0.3 is 10.6 Å². The van der Waals surface area contributed by atoms with Crippen molar-refractivity contribution in [3.63, 3.8) is 0 Å². The normalized spacial score (nSPS) is 10.5. The van der Waals surface area contributed by atoms with Crippen LogP contribution in [-0.4, -0.2) is 26.8 Å². The average molecular weight is 305 g/mol. The zero-order chi connectivity index (χ0) is 16.1. The number of amides is 2. The molecule has 0 aliphatic carbocycles. The summed E-state index contributed by atoms with van der Waals surface area (Å²) in [4.78, 5) is 23.3. The Bertz CT molecular complexity index is 683. The summed E-state index contributed by atoms with van der Waals surface area (Å²) in [5, 5.41) is 12.5. The van der Waals surface area contributed by atoms with Gasteiger partial charge in [0, 0.05) is 5.92 Å². The Morgan fingerprint density at radius 3 is 2.68 bits per heavy atom. The van der Waals surface area contributed by atoms with E-state index in [1.54, 1.807) is 19.9 Å². The third-order valence-electron chi connectivity index (χ3n) is 2.77. The van der Waals surface area contributed by atoms with Crippen LogP contribution in [0.25, 0.3) is 0 Å². The minimum Gasteiger partial charge on any atom is -0.322 e. The number of carbonyl (C=O) groups excluding carboxylic acids is 2. The van der Waals surface area contributed by atoms with E-state index in [4.69, 9.17) is 0 Å². The van der Waals surface area contributed by atoms with Crippen molar-refractivity contribution < 1.29 is 14.0 Å². The van der Waals surface area contributed by atoms with Crippen LogP contribution in [0, 0.1) is 11.7 Å². The predicted octanol–water partition coefficient (Wildman–Crippen LogP) is 1.65. The molecule has 2 N–H and O–H groups in total. The lowest BCUT2D eigenvalue weighted by molar-refractivity contribution is -0.119. The summed E-state index contributed by atoms with van der Waals surface area (Å²) in [6.07, 6.45) is 1.43. The first-order chi connectivity index (χ1) is 10.5. The summed E-state index contributed by atoms with van der Waals surface area (Å²) in [6.45, 7) is 3.36. The molecule has 2 aromatic rings. The van der Waals surface area contributed by atoms with Gasteiger partial charge >= 0.3 is 0 Å². The van der Waals surface area contributed by atoms with Gasteiger partial charge in [0.25, 0.3) is 0 Å². The fraction of sp³-hybridized carbons (Fsp3) is 0.286. The van der Waals surface area contributed by atoms with Crippen LogP contribution in [0.15, 0.2) is 30.5 Å². The van der Waals surface area contributed by atoms with Gasteiger partial charge in [-0.1, -0.05) is 31.2 Å². The van der Waals surface area contributed by atoms with Gasteiger partial charge in [-0.05, 0) is 12.1 Å². The molecular weight excluding hydrogens is 289 g/mol. The molecule has 0 bridgehead atoms. The van der Waals surface area contributed by atoms with Gasteiger partial charge in [-0.3, -0.25) is 9.59 Å². The van der Waals surface area contributed by atoms with Gasteiger partial charge in [-0.25, -0.2) is 9.07 Å². The van der Waals surface area contributed by atoms with E-state index in [-0.39, 0.29) is 29.9 Å². The number of hydrogen-bond acceptors (Lipinski definition) is 4. The predicted molar refractivity (Wildman–Crippen MR) is 78.5 cm³/mol. The first-order valence-electron chi connectivity index (χ1n) is 6.71. The summed E-state index contributed by atoms with van der Waals surface area (Å²) in [6, 6.07) is 5.87. The second kappa shape index (κ2) is 6.79. The lowest BCUT2D eigenvalue weighted by Crippen LogP contribution is -2.20. The molecule has 0 atom stereocenters. The van der Waals surface area contributed by atoms with Gasteiger partial charge in [0.2, 0.25) is 11.8 Å². The van der Waals surface area contributed by atoms with Gasteiger partial charge in [0.15, 0.2) is 5.82 Å². The number of nitrogens with zero attached hydrogens (tertiary/aromatic N) is 3. The van der Waals surface area contributed by atoms with Crippen molar-refractivity contribution in [1.29, 1.82) is 0 Å². The lowest BCUT2D eigenvalue weighted by atomic mass is 10.2. The number of carbonyl (C=O) groups is 2. The van der Waals surface area contributed by atoms with Crippen molar-refractivity contribution >= 4 is 23.3 Å². The maximum absolute atomic E-state index is 13.4. The molecule has 1 aromatic heterocycles. The summed E-state index contributed by atoms with van der Waals surface area (Å²) in [5.74, 6) is -1.08. The summed E-state index contributed by atoms with van der Waals surface area (Å²) in [5.41, 5.74) is 0.0981. The second-order valence-electron chi connectivity index (χ2n) is 4.97. The number of halogens is 1. The molecule has 0 fully saturated rings. The molecule has 0 unspecified atom stereocenters. The number of rotatable bonds is 5. The molecule has 1 aromatic carbocycles. The summed E-state index contributed by atoms with van der Waals surface area (Å²) in [7, 11) is 0. The molecule has 0 saturated carbocycles. The molecule has 8 heteroatoms. The maximum atomic E-state index is 13.4. The third kappa shape index (κ3) is 4.11. The van der Waals surface area contributed by atoms with E-state index < -0.39 is 11.7 Å². The van der Waals surface area contributed by atoms with E-state index in [2.05, 4.69) is 20.9 Å². The van der Waals surface area contributed by atoms with Crippen LogP contribution in [0.4, 0.5) is 15.9 Å². The van der Waals surface area contributed by atoms with Gasteiger partial charge in [0.05, 0.1) is 11.9 Å². The molecule has 0 saturated heterocycles. The molecule has 0 aliphatic rings. The van der Waals surface area contributed by atoms with Crippen molar-refractivity contribution in [3.05, 3.63) is 36.3 Å². The number of para-hydroxylation sites is 1. The van der Waals surface area contributed by atoms with E-state index >= 15 is 0 Å². The molecule has 0 aliphatic heterocycles. The van der Waals surface area contributed by atoms with Crippen LogP contribution in [-0.2, 0) is 16.1 Å². The van der Waals surface area contributed by atoms with Crippen molar-refractivity contribution in [3.8, 4) is 0 Å². The number of aromatic nitrogens is 3. The van der Waals surface area contributed by atoms with E-state index in [1.807, 2.05) is 0 Å². The number of anilines is 2. The van der Waals surface area contributed by atoms with E-state index in [9.17, 15) is 14.0 Å². The number of benzene rings is 1. The van der Waals surface area contributed by atoms with Crippen molar-refractivity contribution in [1.82, 2.24) is 15.0 Å². The minimum absolute atomic E-state index is 0.0981. The molecule has 2 amide bonds. The lowest BCUT2D eigenvalue weighted by Gasteiger charge is -2.05. The van der Waals surface area contributed by atoms with Crippen molar-refractivity contribution in [2.75, 3.05) is 10.6 Å². The summed E-state index contributed by atoms with van der Waals surface area (Å²) >= 11 is 0. The largest absolute Gasteiger partial charge is 0.322 e. The minimum atomic E-state index is -0.515. The van der Waals surface area contributed by atoms with Crippen LogP contribution in [0.3, 0.4) is 0 Å². The SMILES string of the molecule is CC(C)C(=O)Nc1cn(CC(=O)Nc2ccccc2F)nn1. The topological polar surface area (TPSA) is 88.9 Å². The average Bonchev–Trinajstić information content (AvgIpc) is 2.88. The van der Waals surface area contributed by atoms with Crippen LogP contribution < -0.4 is 10.6 Å². The summed E-state index contributed by atoms with van der Waals surface area (Å²) < 4.78 is 14.7. The molecule has 116 valence electrons. The van der Waals surface area contributed by atoms with Gasteiger partial charge in [-0.2, -0.15) is 0 Å². The Morgan fingerprint density at radius 1 is 1.27 bits per heavy atom. The molecule has 0 radical (unpaired) electrons. The van der Waals surface area contributed by atoms with Gasteiger partial charge in [-0.15, -0.1) is 5.10 Å². The van der Waals surface area contributed by atoms with Gasteiger partial charge in [0.1, 0.15) is 12.4 Å². The van der Waals surface area contributed by atoms with E-state index in [1.165, 1.54) is 29.1 Å². The highest BCUT2D eigenvalue weighted by Gasteiger charge is 2.12. The molecule has 7 nitrogen and oxygen atoms in total. The first kappa shape index (κ1) is 15.6. The Hall–Kier alpha value is -2.77. The molecular formula is C14H16FN5O2. The van der Waals surface area contributed by atoms with E-state index in [0.29, 0.717) is 0 Å². The first-order valence-corrected chi connectivity index (χ1v) is 6.71. The molecule has 1 heterocycles. The highest BCUT2D eigenvalue weighted by Crippen LogP contribution is 2.12. The highest BCUT2D eigenvalue weighted by molar-refractivity contribution is 5.91. The van der Waals surface area contributed by atoms with Crippen LogP contribution in [0.1, 0.15) is 13.8 Å². The fourth-order valence-corrected chi connectivity index (χ4v) is 1.60. The molecule has 0 spiro atoms. The quantitative estimate of drug-likeness (QED) is 0.879. The Balaban J connectivity index is 1.94. The Morgan fingerprint density at radius 2 is 2.00 bits per heavy atom. The zero-order valence-electron chi connectivity index (χ0n) is 12.2. The van der Waals surface area contributed by atoms with Crippen LogP contribution in [0.2, 0.25) is 0 Å². The number of nitrogens with one attached hydrogen (secondary N) is 2. The third-order valence-corrected chi connectivity index (χ3v) is 2.77. The van der Waals surface area contributed by atoms with Crippen molar-refractivity contribution in [2.24, 2.45) is 5.92 Å². The Labute approximate surface area is 126 Å². The van der Waals surface area contributed by atoms with E-state index in [0.717, 1.165) is 0 Å². The van der Waals surface area contributed by atoms with Crippen LogP contribution in [0.5, 0.6) is 0 Å². The maximum Gasteiger partial charge on any atom is 0.246 e. The molecule has 22 heavy (non-hydrogen) atoms. The smallest absolute Gasteiger partial charge is 0.246 e. The fourth-order valence-electron chi connectivity index (χ4n) is 1.60. The number of hydrogen-bond donors (Lipinski definition) is 2. The standard InChI is InChI=1S/C14H16FN5O2/c1-9(2)14(22)17-12-7-20(19-18-12)8-13(21)16-11-6-4-3-5-10(11)15/h3-7,9H,8H2,1-2H3,(H,16,21)(H,17,22). The zero-order valence-corrected chi connectivity index (χ0v) is 12.2. The van der Waals surface area contributed by atoms with Crippen molar-refractivity contribution in [2.45, 2.75) is 20.4 Å². The Kier molecular flexibility index (Phi) is 4.82. The van der Waals surface area contributed by atoms with Crippen LogP contribution >= 0.6 is 0 Å². The molecule has 2 rings (SSSR count). The monoisotopic (exact) mass is 305 g/mol. The highest BCUT2D eigenvalue weighted by atomic mass is 19.1. The second-order valence-corrected chi connectivity index (χ2v) is 4.97.